The van der Waals surface area contributed by atoms with Crippen molar-refractivity contribution in [2.45, 2.75) is 77.0 Å². The van der Waals surface area contributed by atoms with Crippen molar-refractivity contribution in [2.75, 3.05) is 6.61 Å². The molecule has 2 aliphatic rings. The minimum Gasteiger partial charge on any atom is -0.376 e. The van der Waals surface area contributed by atoms with Crippen LogP contribution in [-0.2, 0) is 28.5 Å². The third kappa shape index (κ3) is 4.89. The Bertz CT molecular complexity index is 456. The Hall–Kier alpha value is -0.210. The quantitative estimate of drug-likeness (QED) is 0.724. The molecule has 2 atom stereocenters. The third-order valence-corrected chi connectivity index (χ3v) is 4.72. The summed E-state index contributed by atoms with van der Waals surface area (Å²) in [7, 11) is -3.83. The van der Waals surface area contributed by atoms with Crippen molar-refractivity contribution >= 4 is 10.1 Å². The average Bonchev–Trinajstić information content (AvgIpc) is 2.69. The van der Waals surface area contributed by atoms with Crippen LogP contribution in [-0.4, -0.2) is 38.1 Å². The van der Waals surface area contributed by atoms with Crippen LogP contribution in [0.1, 0.15) is 53.9 Å². The molecule has 0 aromatic rings. The molecule has 1 heterocycles. The molecule has 2 unspecified atom stereocenters. The summed E-state index contributed by atoms with van der Waals surface area (Å²) in [4.78, 5) is 0. The largest absolute Gasteiger partial charge is 0.376 e. The standard InChI is InChI=1S/C14H26O6S/c1-13(2,3)17-9-10-6-7-11(8-10)20-21(15,16)12-18-14(4,5)19-12/h10-12H,6-9H2,1-5H3. The van der Waals surface area contributed by atoms with Crippen LogP contribution < -0.4 is 0 Å². The lowest BCUT2D eigenvalue weighted by atomic mass is 10.1. The maximum Gasteiger partial charge on any atom is 0.321 e. The monoisotopic (exact) mass is 322 g/mol. The van der Waals surface area contributed by atoms with E-state index in [1.165, 1.54) is 0 Å². The molecule has 1 aliphatic carbocycles. The first-order valence-corrected chi connectivity index (χ1v) is 8.86. The van der Waals surface area contributed by atoms with Gasteiger partial charge in [0.05, 0.1) is 18.3 Å². The normalized spacial score (nSPS) is 30.3. The Kier molecular flexibility index (Phi) is 4.71. The van der Waals surface area contributed by atoms with E-state index >= 15 is 0 Å². The number of rotatable bonds is 5. The summed E-state index contributed by atoms with van der Waals surface area (Å²) in [5.74, 6) is -0.510. The Morgan fingerprint density at radius 2 is 1.81 bits per heavy atom. The van der Waals surface area contributed by atoms with Crippen LogP contribution in [0.4, 0.5) is 0 Å². The van der Waals surface area contributed by atoms with Crippen LogP contribution in [0.15, 0.2) is 0 Å². The molecule has 0 N–H and O–H groups in total. The van der Waals surface area contributed by atoms with Gasteiger partial charge in [-0.15, -0.1) is 0 Å². The highest BCUT2D eigenvalue weighted by Crippen LogP contribution is 2.35. The van der Waals surface area contributed by atoms with Gasteiger partial charge in [0.1, 0.15) is 0 Å². The van der Waals surface area contributed by atoms with Crippen LogP contribution >= 0.6 is 0 Å². The predicted octanol–water partition coefficient (Wildman–Crippen LogP) is 2.38. The average molecular weight is 322 g/mol. The van der Waals surface area contributed by atoms with Crippen LogP contribution in [0.3, 0.4) is 0 Å². The first-order chi connectivity index (χ1) is 9.47. The third-order valence-electron chi connectivity index (χ3n) is 3.51. The van der Waals surface area contributed by atoms with Gasteiger partial charge in [-0.3, -0.25) is 4.18 Å². The summed E-state index contributed by atoms with van der Waals surface area (Å²) in [6.07, 6.45) is 2.01. The van der Waals surface area contributed by atoms with Crippen LogP contribution in [0.2, 0.25) is 0 Å². The molecule has 21 heavy (non-hydrogen) atoms. The molecule has 7 heteroatoms. The molecule has 0 amide bonds. The minimum atomic E-state index is -3.83. The van der Waals surface area contributed by atoms with Crippen molar-refractivity contribution in [3.05, 3.63) is 0 Å². The predicted molar refractivity (Wildman–Crippen MR) is 76.9 cm³/mol. The lowest BCUT2D eigenvalue weighted by molar-refractivity contribution is -0.404. The summed E-state index contributed by atoms with van der Waals surface area (Å²) in [5, 5.41) is 0. The molecule has 0 aromatic heterocycles. The summed E-state index contributed by atoms with van der Waals surface area (Å²) in [5.41, 5.74) is -1.47. The van der Waals surface area contributed by atoms with Gasteiger partial charge >= 0.3 is 10.1 Å². The van der Waals surface area contributed by atoms with E-state index in [9.17, 15) is 8.42 Å². The van der Waals surface area contributed by atoms with E-state index in [0.29, 0.717) is 25.4 Å². The van der Waals surface area contributed by atoms with Crippen molar-refractivity contribution < 1.29 is 26.8 Å². The topological polar surface area (TPSA) is 71.1 Å². The van der Waals surface area contributed by atoms with E-state index in [0.717, 1.165) is 6.42 Å². The fraction of sp³-hybridized carbons (Fsp3) is 1.00. The Morgan fingerprint density at radius 1 is 1.19 bits per heavy atom. The Balaban J connectivity index is 1.77. The molecular weight excluding hydrogens is 296 g/mol. The molecule has 2 rings (SSSR count). The molecule has 6 nitrogen and oxygen atoms in total. The summed E-state index contributed by atoms with van der Waals surface area (Å²) >= 11 is 0. The van der Waals surface area contributed by atoms with Gasteiger partial charge in [-0.1, -0.05) is 0 Å². The molecule has 1 saturated carbocycles. The van der Waals surface area contributed by atoms with Crippen molar-refractivity contribution in [1.29, 1.82) is 0 Å². The zero-order chi connectivity index (χ0) is 15.9. The van der Waals surface area contributed by atoms with Crippen molar-refractivity contribution in [1.82, 2.24) is 0 Å². The Morgan fingerprint density at radius 3 is 2.33 bits per heavy atom. The summed E-state index contributed by atoms with van der Waals surface area (Å²) in [6, 6.07) is 0. The second kappa shape index (κ2) is 5.77. The second-order valence-corrected chi connectivity index (χ2v) is 8.80. The highest BCUT2D eigenvalue weighted by atomic mass is 32.2. The smallest absolute Gasteiger partial charge is 0.321 e. The fourth-order valence-corrected chi connectivity index (χ4v) is 3.80. The van der Waals surface area contributed by atoms with E-state index in [1.54, 1.807) is 13.8 Å². The lowest BCUT2D eigenvalue weighted by Crippen LogP contribution is -2.53. The zero-order valence-corrected chi connectivity index (χ0v) is 14.2. The highest BCUT2D eigenvalue weighted by Gasteiger charge is 2.48. The molecule has 0 radical (unpaired) electrons. The molecule has 1 aliphatic heterocycles. The van der Waals surface area contributed by atoms with E-state index in [-0.39, 0.29) is 11.7 Å². The SMILES string of the molecule is CC(C)(C)OCC1CCC(OS(=O)(=O)C2OC(C)(C)O2)C1. The molecule has 124 valence electrons. The van der Waals surface area contributed by atoms with Gasteiger partial charge in [0.25, 0.3) is 5.62 Å². The van der Waals surface area contributed by atoms with Gasteiger partial charge in [0, 0.05) is 0 Å². The molecular formula is C14H26O6S. The van der Waals surface area contributed by atoms with E-state index < -0.39 is 21.5 Å². The van der Waals surface area contributed by atoms with Crippen LogP contribution in [0.5, 0.6) is 0 Å². The number of ether oxygens (including phenoxy) is 3. The highest BCUT2D eigenvalue weighted by molar-refractivity contribution is 7.87. The molecule has 1 saturated heterocycles. The van der Waals surface area contributed by atoms with Gasteiger partial charge in [-0.05, 0) is 59.8 Å². The van der Waals surface area contributed by atoms with Crippen molar-refractivity contribution in [3.8, 4) is 0 Å². The lowest BCUT2D eigenvalue weighted by Gasteiger charge is -2.41. The van der Waals surface area contributed by atoms with E-state index in [4.69, 9.17) is 18.4 Å². The van der Waals surface area contributed by atoms with Gasteiger partial charge in [-0.2, -0.15) is 8.42 Å². The molecule has 0 aromatic carbocycles. The van der Waals surface area contributed by atoms with Crippen LogP contribution in [0, 0.1) is 5.92 Å². The van der Waals surface area contributed by atoms with Crippen molar-refractivity contribution in [2.24, 2.45) is 5.92 Å². The molecule has 0 spiro atoms. The first kappa shape index (κ1) is 17.1. The van der Waals surface area contributed by atoms with Gasteiger partial charge in [-0.25, -0.2) is 0 Å². The summed E-state index contributed by atoms with van der Waals surface area (Å²) in [6.45, 7) is 9.98. The molecule has 0 bridgehead atoms. The second-order valence-electron chi connectivity index (χ2n) is 7.24. The van der Waals surface area contributed by atoms with Gasteiger partial charge in [0.15, 0.2) is 5.79 Å². The van der Waals surface area contributed by atoms with Crippen LogP contribution in [0.25, 0.3) is 0 Å². The number of hydrogen-bond donors (Lipinski definition) is 0. The first-order valence-electron chi connectivity index (χ1n) is 7.39. The maximum atomic E-state index is 12.0. The summed E-state index contributed by atoms with van der Waals surface area (Å²) < 4.78 is 45.2. The minimum absolute atomic E-state index is 0.176. The fourth-order valence-electron chi connectivity index (χ4n) is 2.46. The van der Waals surface area contributed by atoms with E-state index in [2.05, 4.69) is 0 Å². The molecule has 2 fully saturated rings. The van der Waals surface area contributed by atoms with Gasteiger partial charge < -0.3 is 14.2 Å². The maximum absolute atomic E-state index is 12.0. The van der Waals surface area contributed by atoms with E-state index in [1.807, 2.05) is 20.8 Å². The zero-order valence-electron chi connectivity index (χ0n) is 13.4. The van der Waals surface area contributed by atoms with Crippen molar-refractivity contribution in [3.63, 3.8) is 0 Å². The van der Waals surface area contributed by atoms with Gasteiger partial charge in [0.2, 0.25) is 0 Å². The number of hydrogen-bond acceptors (Lipinski definition) is 6. The Labute approximate surface area is 127 Å².